The molecule has 0 aliphatic heterocycles. The third kappa shape index (κ3) is 1.23. The molecule has 0 spiro atoms. The maximum Gasteiger partial charge on any atom is 0.132 e. The fraction of sp³-hybridized carbons (Fsp3) is 0. The van der Waals surface area contributed by atoms with Crippen LogP contribution in [0.4, 0.5) is 0 Å². The molecule has 0 saturated heterocycles. The predicted octanol–water partition coefficient (Wildman–Crippen LogP) is 2.22. The first-order valence-electron chi connectivity index (χ1n) is 5.64. The van der Waals surface area contributed by atoms with E-state index in [1.807, 2.05) is 12.1 Å². The van der Waals surface area contributed by atoms with Gasteiger partial charge < -0.3 is 10.2 Å². The molecule has 0 aliphatic carbocycles. The molecule has 2 N–H and O–H groups in total. The van der Waals surface area contributed by atoms with Gasteiger partial charge in [0.2, 0.25) is 0 Å². The largest absolute Gasteiger partial charge is 0.507 e. The van der Waals surface area contributed by atoms with Crippen molar-refractivity contribution in [2.75, 3.05) is 0 Å². The van der Waals surface area contributed by atoms with Crippen molar-refractivity contribution >= 4 is 34.7 Å². The molecule has 0 fully saturated rings. The van der Waals surface area contributed by atoms with E-state index >= 15 is 0 Å². The molecule has 0 saturated carbocycles. The highest BCUT2D eigenvalue weighted by atomic mass is 16.3. The molecule has 0 aliphatic rings. The molecule has 0 aromatic heterocycles. The van der Waals surface area contributed by atoms with E-state index in [1.54, 1.807) is 24.3 Å². The Balaban J connectivity index is 2.81. The normalized spacial score (nSPS) is 11.1. The SMILES string of the molecule is C=c1ccc(=C)c2c(O)c3ccccc3c(O)c12. The van der Waals surface area contributed by atoms with Gasteiger partial charge in [0.25, 0.3) is 0 Å². The second-order valence-electron chi connectivity index (χ2n) is 4.38. The van der Waals surface area contributed by atoms with Crippen LogP contribution in [0.1, 0.15) is 0 Å². The van der Waals surface area contributed by atoms with Crippen LogP contribution in [0.25, 0.3) is 34.7 Å². The lowest BCUT2D eigenvalue weighted by Crippen LogP contribution is -2.09. The summed E-state index contributed by atoms with van der Waals surface area (Å²) in [5.74, 6) is 0.294. The van der Waals surface area contributed by atoms with Gasteiger partial charge in [0.05, 0.1) is 0 Å². The third-order valence-electron chi connectivity index (χ3n) is 3.29. The van der Waals surface area contributed by atoms with E-state index in [0.717, 1.165) is 0 Å². The lowest BCUT2D eigenvalue weighted by molar-refractivity contribution is 0.478. The number of hydrogen-bond donors (Lipinski definition) is 2. The molecule has 0 amide bonds. The smallest absolute Gasteiger partial charge is 0.132 e. The zero-order valence-electron chi connectivity index (χ0n) is 9.77. The molecule has 0 unspecified atom stereocenters. The van der Waals surface area contributed by atoms with Crippen LogP contribution in [0, 0.1) is 0 Å². The van der Waals surface area contributed by atoms with Gasteiger partial charge in [-0.1, -0.05) is 49.6 Å². The van der Waals surface area contributed by atoms with Crippen molar-refractivity contribution in [1.29, 1.82) is 0 Å². The second-order valence-corrected chi connectivity index (χ2v) is 4.38. The molecule has 0 bridgehead atoms. The van der Waals surface area contributed by atoms with Crippen molar-refractivity contribution in [3.05, 3.63) is 46.8 Å². The summed E-state index contributed by atoms with van der Waals surface area (Å²) in [5.41, 5.74) is 0. The summed E-state index contributed by atoms with van der Waals surface area (Å²) in [6, 6.07) is 10.8. The lowest BCUT2D eigenvalue weighted by Gasteiger charge is -2.10. The highest BCUT2D eigenvalue weighted by Gasteiger charge is 2.13. The summed E-state index contributed by atoms with van der Waals surface area (Å²) in [6.07, 6.45) is 0. The van der Waals surface area contributed by atoms with E-state index in [4.69, 9.17) is 0 Å². The number of phenols is 2. The zero-order valence-corrected chi connectivity index (χ0v) is 9.77. The van der Waals surface area contributed by atoms with Crippen LogP contribution in [0.3, 0.4) is 0 Å². The monoisotopic (exact) mass is 236 g/mol. The van der Waals surface area contributed by atoms with E-state index in [9.17, 15) is 10.2 Å². The van der Waals surface area contributed by atoms with Gasteiger partial charge in [-0.15, -0.1) is 0 Å². The Kier molecular flexibility index (Phi) is 2.08. The van der Waals surface area contributed by atoms with Crippen LogP contribution in [0.15, 0.2) is 36.4 Å². The standard InChI is InChI=1S/C16H12O2/c1-9-7-8-10(2)14-13(9)15(17)11-5-3-4-6-12(11)16(14)18/h3-8,17-18H,1-2H2. The minimum absolute atomic E-state index is 0.147. The fourth-order valence-electron chi connectivity index (χ4n) is 2.40. The molecule has 18 heavy (non-hydrogen) atoms. The minimum atomic E-state index is 0.147. The van der Waals surface area contributed by atoms with Crippen LogP contribution in [-0.2, 0) is 0 Å². The summed E-state index contributed by atoms with van der Waals surface area (Å²) in [6.45, 7) is 7.80. The van der Waals surface area contributed by atoms with Crippen LogP contribution >= 0.6 is 0 Å². The molecule has 88 valence electrons. The van der Waals surface area contributed by atoms with Crippen molar-refractivity contribution in [3.63, 3.8) is 0 Å². The maximum absolute atomic E-state index is 10.4. The number of fused-ring (bicyclic) bond motifs is 2. The van der Waals surface area contributed by atoms with Gasteiger partial charge in [-0.3, -0.25) is 0 Å². The predicted molar refractivity (Wildman–Crippen MR) is 75.1 cm³/mol. The molecule has 3 aromatic carbocycles. The molecule has 2 heteroatoms. The van der Waals surface area contributed by atoms with E-state index < -0.39 is 0 Å². The highest BCUT2D eigenvalue weighted by molar-refractivity contribution is 6.10. The van der Waals surface area contributed by atoms with Gasteiger partial charge in [-0.2, -0.15) is 0 Å². The summed E-state index contributed by atoms with van der Waals surface area (Å²) >= 11 is 0. The molecule has 0 heterocycles. The van der Waals surface area contributed by atoms with Gasteiger partial charge in [0.15, 0.2) is 0 Å². The van der Waals surface area contributed by atoms with Gasteiger partial charge in [0.1, 0.15) is 11.5 Å². The number of rotatable bonds is 0. The Morgan fingerprint density at radius 2 is 1.06 bits per heavy atom. The lowest BCUT2D eigenvalue weighted by atomic mass is 9.98. The van der Waals surface area contributed by atoms with E-state index in [2.05, 4.69) is 13.2 Å². The summed E-state index contributed by atoms with van der Waals surface area (Å²) in [4.78, 5) is 0. The second kappa shape index (κ2) is 3.50. The molecular weight excluding hydrogens is 224 g/mol. The number of aromatic hydroxyl groups is 2. The summed E-state index contributed by atoms with van der Waals surface area (Å²) in [5, 5.41) is 24.5. The first kappa shape index (κ1) is 10.7. The van der Waals surface area contributed by atoms with Gasteiger partial charge in [-0.05, 0) is 10.4 Å². The quantitative estimate of drug-likeness (QED) is 0.464. The molecule has 0 atom stereocenters. The molecule has 2 nitrogen and oxygen atoms in total. The maximum atomic E-state index is 10.4. The van der Waals surface area contributed by atoms with Crippen LogP contribution < -0.4 is 10.4 Å². The number of hydrogen-bond acceptors (Lipinski definition) is 2. The van der Waals surface area contributed by atoms with E-state index in [1.165, 1.54) is 0 Å². The average Bonchev–Trinajstić information content (AvgIpc) is 2.38. The topological polar surface area (TPSA) is 40.5 Å². The molecule has 3 aromatic rings. The van der Waals surface area contributed by atoms with E-state index in [-0.39, 0.29) is 11.5 Å². The minimum Gasteiger partial charge on any atom is -0.507 e. The first-order chi connectivity index (χ1) is 8.61. The molecule has 0 radical (unpaired) electrons. The van der Waals surface area contributed by atoms with Crippen LogP contribution in [-0.4, -0.2) is 10.2 Å². The van der Waals surface area contributed by atoms with Crippen molar-refractivity contribution < 1.29 is 10.2 Å². The van der Waals surface area contributed by atoms with Crippen LogP contribution in [0.2, 0.25) is 0 Å². The Morgan fingerprint density at radius 1 is 0.667 bits per heavy atom. The zero-order chi connectivity index (χ0) is 12.9. The Bertz CT molecular complexity index is 805. The molecular formula is C16H12O2. The van der Waals surface area contributed by atoms with Gasteiger partial charge in [0, 0.05) is 21.5 Å². The van der Waals surface area contributed by atoms with Gasteiger partial charge in [-0.25, -0.2) is 0 Å². The van der Waals surface area contributed by atoms with E-state index in [0.29, 0.717) is 32.0 Å². The van der Waals surface area contributed by atoms with Crippen molar-refractivity contribution in [2.24, 2.45) is 0 Å². The van der Waals surface area contributed by atoms with Crippen LogP contribution in [0.5, 0.6) is 11.5 Å². The first-order valence-corrected chi connectivity index (χ1v) is 5.64. The van der Waals surface area contributed by atoms with Gasteiger partial charge >= 0.3 is 0 Å². The Hall–Kier alpha value is -2.48. The fourth-order valence-corrected chi connectivity index (χ4v) is 2.40. The third-order valence-corrected chi connectivity index (χ3v) is 3.29. The number of benzene rings is 3. The summed E-state index contributed by atoms with van der Waals surface area (Å²) in [7, 11) is 0. The molecule has 3 rings (SSSR count). The van der Waals surface area contributed by atoms with Crippen molar-refractivity contribution in [3.8, 4) is 11.5 Å². The summed E-state index contributed by atoms with van der Waals surface area (Å²) < 4.78 is 0. The number of phenolic OH excluding ortho intramolecular Hbond substituents is 2. The Morgan fingerprint density at radius 3 is 1.44 bits per heavy atom. The average molecular weight is 236 g/mol. The Labute approximate surface area is 104 Å². The van der Waals surface area contributed by atoms with Crippen molar-refractivity contribution in [2.45, 2.75) is 0 Å². The highest BCUT2D eigenvalue weighted by Crippen LogP contribution is 2.37. The van der Waals surface area contributed by atoms with Crippen molar-refractivity contribution in [1.82, 2.24) is 0 Å².